The Morgan fingerprint density at radius 3 is 3.21 bits per heavy atom. The SMILES string of the molecule is CSC1=C[C@H]2O[C@@H]1[C@@H]1CCCC(=O)[C@@H]12. The summed E-state index contributed by atoms with van der Waals surface area (Å²) in [5, 5.41) is 0. The van der Waals surface area contributed by atoms with Gasteiger partial charge in [-0.25, -0.2) is 0 Å². The topological polar surface area (TPSA) is 26.3 Å². The number of Topliss-reactive ketones (excluding diaryl/α,β-unsaturated/α-hetero) is 1. The van der Waals surface area contributed by atoms with Crippen LogP contribution in [0.5, 0.6) is 0 Å². The molecular weight excluding hydrogens is 196 g/mol. The zero-order chi connectivity index (χ0) is 9.71. The first kappa shape index (κ1) is 8.98. The minimum absolute atomic E-state index is 0.111. The standard InChI is InChI=1S/C11H14O2S/c1-14-9-5-8-10-6(11(9)13-8)3-2-4-7(10)12/h5-6,8,10-11H,2-4H2,1H3/t6-,8-,10-,11-/m1/s1. The first-order chi connectivity index (χ1) is 6.81. The zero-order valence-corrected chi connectivity index (χ0v) is 9.05. The lowest BCUT2D eigenvalue weighted by Crippen LogP contribution is -2.35. The third-order valence-corrected chi connectivity index (χ3v) is 4.52. The quantitative estimate of drug-likeness (QED) is 0.662. The van der Waals surface area contributed by atoms with Crippen molar-refractivity contribution in [1.82, 2.24) is 0 Å². The molecule has 4 atom stereocenters. The zero-order valence-electron chi connectivity index (χ0n) is 8.23. The van der Waals surface area contributed by atoms with Crippen LogP contribution in [0.2, 0.25) is 0 Å². The first-order valence-electron chi connectivity index (χ1n) is 5.25. The number of ether oxygens (including phenoxy) is 1. The van der Waals surface area contributed by atoms with Gasteiger partial charge in [0.1, 0.15) is 5.78 Å². The number of ketones is 1. The predicted octanol–water partition coefficient (Wildman–Crippen LogP) is 2.00. The second-order valence-electron chi connectivity index (χ2n) is 4.34. The summed E-state index contributed by atoms with van der Waals surface area (Å²) < 4.78 is 5.86. The predicted molar refractivity (Wildman–Crippen MR) is 56.1 cm³/mol. The van der Waals surface area contributed by atoms with Crippen LogP contribution in [0.1, 0.15) is 19.3 Å². The number of fused-ring (bicyclic) bond motifs is 5. The molecule has 0 unspecified atom stereocenters. The molecule has 3 heteroatoms. The van der Waals surface area contributed by atoms with Gasteiger partial charge in [-0.15, -0.1) is 11.8 Å². The van der Waals surface area contributed by atoms with Crippen molar-refractivity contribution in [2.45, 2.75) is 31.5 Å². The van der Waals surface area contributed by atoms with Crippen LogP contribution in [0, 0.1) is 11.8 Å². The smallest absolute Gasteiger partial charge is 0.139 e. The van der Waals surface area contributed by atoms with Crippen LogP contribution in [0.15, 0.2) is 11.0 Å². The monoisotopic (exact) mass is 210 g/mol. The van der Waals surface area contributed by atoms with E-state index in [1.165, 1.54) is 11.3 Å². The van der Waals surface area contributed by atoms with Gasteiger partial charge < -0.3 is 4.74 Å². The molecule has 0 spiro atoms. The van der Waals surface area contributed by atoms with Crippen molar-refractivity contribution in [2.24, 2.45) is 11.8 Å². The number of rotatable bonds is 1. The van der Waals surface area contributed by atoms with Crippen molar-refractivity contribution < 1.29 is 9.53 Å². The molecule has 2 bridgehead atoms. The lowest BCUT2D eigenvalue weighted by Gasteiger charge is -2.30. The second kappa shape index (κ2) is 3.11. The number of carbonyl (C=O) groups is 1. The summed E-state index contributed by atoms with van der Waals surface area (Å²) in [6.45, 7) is 0. The lowest BCUT2D eigenvalue weighted by molar-refractivity contribution is -0.126. The molecule has 76 valence electrons. The van der Waals surface area contributed by atoms with Gasteiger partial charge in [0.05, 0.1) is 18.1 Å². The van der Waals surface area contributed by atoms with E-state index in [0.29, 0.717) is 11.7 Å². The van der Waals surface area contributed by atoms with Crippen molar-refractivity contribution in [3.05, 3.63) is 11.0 Å². The van der Waals surface area contributed by atoms with Crippen molar-refractivity contribution in [3.63, 3.8) is 0 Å². The normalized spacial score (nSPS) is 45.2. The van der Waals surface area contributed by atoms with Crippen LogP contribution >= 0.6 is 11.8 Å². The molecule has 14 heavy (non-hydrogen) atoms. The van der Waals surface area contributed by atoms with Gasteiger partial charge in [-0.3, -0.25) is 4.79 Å². The van der Waals surface area contributed by atoms with Crippen LogP contribution in [-0.2, 0) is 9.53 Å². The third-order valence-electron chi connectivity index (χ3n) is 3.68. The molecule has 0 aromatic rings. The van der Waals surface area contributed by atoms with E-state index in [1.807, 2.05) is 0 Å². The van der Waals surface area contributed by atoms with E-state index in [0.717, 1.165) is 12.8 Å². The van der Waals surface area contributed by atoms with Crippen LogP contribution < -0.4 is 0 Å². The third kappa shape index (κ3) is 1.06. The molecular formula is C11H14O2S. The maximum atomic E-state index is 11.7. The number of carbonyl (C=O) groups excluding carboxylic acids is 1. The van der Waals surface area contributed by atoms with E-state index in [-0.39, 0.29) is 18.1 Å². The minimum Gasteiger partial charge on any atom is -0.365 e. The molecule has 0 aromatic heterocycles. The van der Waals surface area contributed by atoms with Crippen LogP contribution in [-0.4, -0.2) is 24.2 Å². The van der Waals surface area contributed by atoms with Gasteiger partial charge in [-0.05, 0) is 25.2 Å². The molecule has 1 saturated heterocycles. The Hall–Kier alpha value is -0.280. The highest BCUT2D eigenvalue weighted by Crippen LogP contribution is 2.50. The fourth-order valence-corrected chi connectivity index (χ4v) is 3.81. The Labute approximate surface area is 88.1 Å². The Bertz CT molecular complexity index is 310. The summed E-state index contributed by atoms with van der Waals surface area (Å²) in [7, 11) is 0. The summed E-state index contributed by atoms with van der Waals surface area (Å²) in [6.07, 6.45) is 7.64. The Balaban J connectivity index is 1.93. The molecule has 0 amide bonds. The van der Waals surface area contributed by atoms with Crippen LogP contribution in [0.3, 0.4) is 0 Å². The van der Waals surface area contributed by atoms with E-state index in [9.17, 15) is 4.79 Å². The van der Waals surface area contributed by atoms with E-state index in [2.05, 4.69) is 12.3 Å². The number of hydrogen-bond acceptors (Lipinski definition) is 3. The van der Waals surface area contributed by atoms with E-state index in [4.69, 9.17) is 4.74 Å². The van der Waals surface area contributed by atoms with Gasteiger partial charge in [0, 0.05) is 17.2 Å². The summed E-state index contributed by atoms with van der Waals surface area (Å²) in [5.74, 6) is 1.13. The largest absolute Gasteiger partial charge is 0.365 e. The van der Waals surface area contributed by atoms with Gasteiger partial charge in [0.2, 0.25) is 0 Å². The summed E-state index contributed by atoms with van der Waals surface area (Å²) >= 11 is 1.78. The van der Waals surface area contributed by atoms with Crippen LogP contribution in [0.25, 0.3) is 0 Å². The Kier molecular flexibility index (Phi) is 1.99. The van der Waals surface area contributed by atoms with Crippen molar-refractivity contribution in [2.75, 3.05) is 6.26 Å². The molecule has 2 aliphatic heterocycles. The Morgan fingerprint density at radius 1 is 1.57 bits per heavy atom. The van der Waals surface area contributed by atoms with Crippen molar-refractivity contribution in [1.29, 1.82) is 0 Å². The van der Waals surface area contributed by atoms with E-state index < -0.39 is 0 Å². The minimum atomic E-state index is 0.111. The second-order valence-corrected chi connectivity index (χ2v) is 5.22. The molecule has 2 nitrogen and oxygen atoms in total. The fraction of sp³-hybridized carbons (Fsp3) is 0.727. The lowest BCUT2D eigenvalue weighted by atomic mass is 9.72. The first-order valence-corrected chi connectivity index (χ1v) is 6.47. The number of thioether (sulfide) groups is 1. The summed E-state index contributed by atoms with van der Waals surface area (Å²) in [5.41, 5.74) is 0. The van der Waals surface area contributed by atoms with Crippen molar-refractivity contribution in [3.8, 4) is 0 Å². The molecule has 0 aromatic carbocycles. The van der Waals surface area contributed by atoms with Gasteiger partial charge >= 0.3 is 0 Å². The van der Waals surface area contributed by atoms with Gasteiger partial charge in [-0.1, -0.05) is 0 Å². The molecule has 1 saturated carbocycles. The molecule has 0 radical (unpaired) electrons. The molecule has 1 aliphatic carbocycles. The summed E-state index contributed by atoms with van der Waals surface area (Å²) in [4.78, 5) is 13.1. The molecule has 3 rings (SSSR count). The molecule has 3 aliphatic rings. The molecule has 2 heterocycles. The average Bonchev–Trinajstić information content (AvgIpc) is 2.75. The molecule has 0 N–H and O–H groups in total. The van der Waals surface area contributed by atoms with Gasteiger partial charge in [0.15, 0.2) is 0 Å². The maximum absolute atomic E-state index is 11.7. The van der Waals surface area contributed by atoms with Gasteiger partial charge in [-0.2, -0.15) is 0 Å². The highest BCUT2D eigenvalue weighted by atomic mass is 32.2. The van der Waals surface area contributed by atoms with E-state index >= 15 is 0 Å². The van der Waals surface area contributed by atoms with Crippen LogP contribution in [0.4, 0.5) is 0 Å². The van der Waals surface area contributed by atoms with E-state index in [1.54, 1.807) is 11.8 Å². The highest BCUT2D eigenvalue weighted by Gasteiger charge is 2.53. The number of hydrogen-bond donors (Lipinski definition) is 0. The van der Waals surface area contributed by atoms with Gasteiger partial charge in [0.25, 0.3) is 0 Å². The fourth-order valence-electron chi connectivity index (χ4n) is 3.08. The Morgan fingerprint density at radius 2 is 2.43 bits per heavy atom. The highest BCUT2D eigenvalue weighted by molar-refractivity contribution is 8.02. The summed E-state index contributed by atoms with van der Waals surface area (Å²) in [6, 6.07) is 0. The molecule has 2 fully saturated rings. The average molecular weight is 210 g/mol. The van der Waals surface area contributed by atoms with Crippen molar-refractivity contribution >= 4 is 17.5 Å². The maximum Gasteiger partial charge on any atom is 0.139 e.